The van der Waals surface area contributed by atoms with Crippen molar-refractivity contribution < 1.29 is 0 Å². The van der Waals surface area contributed by atoms with Gasteiger partial charge < -0.3 is 0 Å². The summed E-state index contributed by atoms with van der Waals surface area (Å²) in [5, 5.41) is 0.113. The predicted octanol–water partition coefficient (Wildman–Crippen LogP) is 6.88. The molecular weight excluding hydrogens is 440 g/mol. The lowest BCUT2D eigenvalue weighted by Gasteiger charge is -2.34. The molecule has 0 saturated heterocycles. The second-order valence-electron chi connectivity index (χ2n) is 5.20. The zero-order valence-corrected chi connectivity index (χ0v) is 16.9. The topological polar surface area (TPSA) is 0 Å². The van der Waals surface area contributed by atoms with Gasteiger partial charge >= 0.3 is 0 Å². The first-order valence-corrected chi connectivity index (χ1v) is 9.56. The lowest BCUT2D eigenvalue weighted by atomic mass is 9.84. The molecule has 0 spiro atoms. The van der Waals surface area contributed by atoms with Gasteiger partial charge in [0, 0.05) is 17.7 Å². The van der Waals surface area contributed by atoms with Gasteiger partial charge in [-0.15, -0.1) is 46.4 Å². The maximum Gasteiger partial charge on any atom is 0.167 e. The second kappa shape index (κ2) is 6.26. The summed E-state index contributed by atoms with van der Waals surface area (Å²) in [6.45, 7) is 2.05. The van der Waals surface area contributed by atoms with E-state index in [0.717, 1.165) is 12.3 Å². The highest BCUT2D eigenvalue weighted by Crippen LogP contribution is 2.78. The Morgan fingerprint density at radius 3 is 1.95 bits per heavy atom. The van der Waals surface area contributed by atoms with Crippen molar-refractivity contribution in [3.05, 3.63) is 22.2 Å². The van der Waals surface area contributed by atoms with Crippen LogP contribution in [0.1, 0.15) is 13.3 Å². The monoisotopic (exact) mass is 448 g/mol. The lowest BCUT2D eigenvalue weighted by molar-refractivity contribution is 0.420. The van der Waals surface area contributed by atoms with E-state index in [2.05, 4.69) is 0 Å². The molecule has 0 heterocycles. The van der Waals surface area contributed by atoms with E-state index in [9.17, 15) is 0 Å². The number of allylic oxidation sites excluding steroid dienone is 4. The molecule has 0 amide bonds. The predicted molar refractivity (Wildman–Crippen MR) is 97.1 cm³/mol. The number of hydrogen-bond donors (Lipinski definition) is 0. The third-order valence-corrected chi connectivity index (χ3v) is 9.17. The van der Waals surface area contributed by atoms with Crippen LogP contribution in [0.15, 0.2) is 22.2 Å². The molecule has 1 fully saturated rings. The first-order chi connectivity index (χ1) is 9.62. The minimum Gasteiger partial charge on any atom is -0.127 e. The van der Waals surface area contributed by atoms with Crippen LogP contribution in [0, 0.1) is 11.8 Å². The summed E-state index contributed by atoms with van der Waals surface area (Å²) < 4.78 is -1.48. The Morgan fingerprint density at radius 2 is 1.48 bits per heavy atom. The molecule has 8 heteroatoms. The van der Waals surface area contributed by atoms with Crippen LogP contribution in [0.5, 0.6) is 0 Å². The minimum atomic E-state index is -1.48. The van der Waals surface area contributed by atoms with Gasteiger partial charge in [0.2, 0.25) is 0 Å². The standard InChI is InChI=1S/C10H5Cl7.C3H7Cl/c11-4-2-1-3-5(4)9(15)7(13)6(12)8(3,14)10(9,16)17;1-2-3-4/h1-5H;2-3H2,1H3. The molecule has 0 aromatic heterocycles. The molecule has 0 aliphatic heterocycles. The Labute approximate surface area is 164 Å². The first kappa shape index (κ1) is 19.1. The van der Waals surface area contributed by atoms with Gasteiger partial charge in [-0.3, -0.25) is 0 Å². The van der Waals surface area contributed by atoms with Gasteiger partial charge in [0.15, 0.2) is 4.33 Å². The highest BCUT2D eigenvalue weighted by atomic mass is 35.5. The highest BCUT2D eigenvalue weighted by molar-refractivity contribution is 6.66. The number of alkyl halides is 6. The maximum atomic E-state index is 6.57. The van der Waals surface area contributed by atoms with Crippen molar-refractivity contribution in [1.82, 2.24) is 0 Å². The molecule has 5 atom stereocenters. The summed E-state index contributed by atoms with van der Waals surface area (Å²) in [7, 11) is 0. The largest absolute Gasteiger partial charge is 0.167 e. The van der Waals surface area contributed by atoms with Gasteiger partial charge in [0.1, 0.15) is 9.75 Å². The molecule has 0 nitrogen and oxygen atoms in total. The summed E-state index contributed by atoms with van der Waals surface area (Å²) in [5.74, 6) is 0.322. The SMILES string of the molecule is CCCCl.ClC1=C(Cl)C2(Cl)C3C(Cl)C=CC3C1(Cl)C2(Cl)Cl. The lowest BCUT2D eigenvalue weighted by Crippen LogP contribution is -2.45. The van der Waals surface area contributed by atoms with Crippen LogP contribution in [0.4, 0.5) is 0 Å². The smallest absolute Gasteiger partial charge is 0.127 e. The molecule has 3 aliphatic carbocycles. The van der Waals surface area contributed by atoms with Crippen molar-refractivity contribution in [3.8, 4) is 0 Å². The van der Waals surface area contributed by atoms with Crippen LogP contribution >= 0.6 is 92.8 Å². The zero-order valence-electron chi connectivity index (χ0n) is 10.8. The molecule has 21 heavy (non-hydrogen) atoms. The van der Waals surface area contributed by atoms with Crippen molar-refractivity contribution in [2.75, 3.05) is 5.88 Å². The maximum absolute atomic E-state index is 6.57. The average Bonchev–Trinajstić information content (AvgIpc) is 2.93. The van der Waals surface area contributed by atoms with Crippen molar-refractivity contribution in [2.24, 2.45) is 11.8 Å². The van der Waals surface area contributed by atoms with E-state index >= 15 is 0 Å². The molecule has 1 saturated carbocycles. The first-order valence-electron chi connectivity index (χ1n) is 6.32. The van der Waals surface area contributed by atoms with E-state index in [1.54, 1.807) is 0 Å². The van der Waals surface area contributed by atoms with E-state index < -0.39 is 14.1 Å². The molecule has 2 bridgehead atoms. The molecular formula is C13H12Cl8. The zero-order chi connectivity index (χ0) is 16.2. The summed E-state index contributed by atoms with van der Waals surface area (Å²) in [5.41, 5.74) is 0. The Hall–Kier alpha value is 1.80. The van der Waals surface area contributed by atoms with Gasteiger partial charge in [-0.05, 0) is 6.42 Å². The Morgan fingerprint density at radius 1 is 1.00 bits per heavy atom. The fraction of sp³-hybridized carbons (Fsp3) is 0.692. The van der Waals surface area contributed by atoms with E-state index in [1.807, 2.05) is 19.1 Å². The summed E-state index contributed by atoms with van der Waals surface area (Å²) in [6.07, 6.45) is 4.78. The molecule has 5 unspecified atom stereocenters. The second-order valence-corrected chi connectivity index (χ2v) is 9.35. The van der Waals surface area contributed by atoms with E-state index in [-0.39, 0.29) is 27.3 Å². The van der Waals surface area contributed by atoms with Gasteiger partial charge in [0.25, 0.3) is 0 Å². The van der Waals surface area contributed by atoms with Crippen LogP contribution in [0.25, 0.3) is 0 Å². The molecule has 0 radical (unpaired) electrons. The Balaban J connectivity index is 0.000000361. The van der Waals surface area contributed by atoms with Gasteiger partial charge in [-0.2, -0.15) is 0 Å². The molecule has 3 rings (SSSR count). The van der Waals surface area contributed by atoms with Crippen LogP contribution in [-0.2, 0) is 0 Å². The highest BCUT2D eigenvalue weighted by Gasteiger charge is 2.83. The molecule has 0 aromatic carbocycles. The third-order valence-electron chi connectivity index (χ3n) is 4.09. The molecule has 0 aromatic rings. The number of halogens is 8. The van der Waals surface area contributed by atoms with E-state index in [1.165, 1.54) is 0 Å². The van der Waals surface area contributed by atoms with Crippen LogP contribution in [0.2, 0.25) is 0 Å². The van der Waals surface area contributed by atoms with Gasteiger partial charge in [-0.25, -0.2) is 0 Å². The number of rotatable bonds is 1. The molecule has 3 aliphatic rings. The van der Waals surface area contributed by atoms with Crippen molar-refractivity contribution in [1.29, 1.82) is 0 Å². The minimum absolute atomic E-state index is 0.205. The Bertz CT molecular complexity index is 496. The van der Waals surface area contributed by atoms with Crippen LogP contribution in [-0.4, -0.2) is 25.3 Å². The van der Waals surface area contributed by atoms with E-state index in [0.29, 0.717) is 0 Å². The van der Waals surface area contributed by atoms with Crippen LogP contribution in [0.3, 0.4) is 0 Å². The summed E-state index contributed by atoms with van der Waals surface area (Å²) in [6, 6.07) is 0. The van der Waals surface area contributed by atoms with Gasteiger partial charge in [-0.1, -0.05) is 65.5 Å². The number of hydrogen-bond acceptors (Lipinski definition) is 0. The number of fused-ring (bicyclic) bond motifs is 5. The summed E-state index contributed by atoms with van der Waals surface area (Å²) in [4.78, 5) is -2.45. The Kier molecular flexibility index (Phi) is 5.71. The molecule has 120 valence electrons. The fourth-order valence-corrected chi connectivity index (χ4v) is 6.60. The normalized spacial score (nSPS) is 45.7. The summed E-state index contributed by atoms with van der Waals surface area (Å²) >= 11 is 49.6. The van der Waals surface area contributed by atoms with Crippen molar-refractivity contribution in [3.63, 3.8) is 0 Å². The third kappa shape index (κ3) is 2.24. The fourth-order valence-electron chi connectivity index (χ4n) is 3.08. The van der Waals surface area contributed by atoms with Crippen molar-refractivity contribution >= 4 is 92.8 Å². The van der Waals surface area contributed by atoms with Crippen molar-refractivity contribution in [2.45, 2.75) is 32.8 Å². The van der Waals surface area contributed by atoms with Crippen LogP contribution < -0.4 is 0 Å². The average molecular weight is 452 g/mol. The quantitative estimate of drug-likeness (QED) is 0.301. The molecule has 0 N–H and O–H groups in total. The van der Waals surface area contributed by atoms with E-state index in [4.69, 9.17) is 92.8 Å². The van der Waals surface area contributed by atoms with Gasteiger partial charge in [0.05, 0.1) is 15.4 Å².